The first kappa shape index (κ1) is 14.5. The second kappa shape index (κ2) is 4.94. The molecule has 4 heteroatoms. The van der Waals surface area contributed by atoms with E-state index in [0.29, 0.717) is 5.92 Å². The maximum Gasteiger partial charge on any atom is 0.227 e. The average molecular weight is 241 g/mol. The summed E-state index contributed by atoms with van der Waals surface area (Å²) in [5, 5.41) is 3.05. The zero-order valence-electron chi connectivity index (χ0n) is 11.8. The van der Waals surface area contributed by atoms with Crippen LogP contribution >= 0.6 is 0 Å². The zero-order valence-corrected chi connectivity index (χ0v) is 11.8. The van der Waals surface area contributed by atoms with Crippen LogP contribution in [0.15, 0.2) is 0 Å². The molecule has 4 nitrogen and oxygen atoms in total. The SMILES string of the molecule is CN1CCC(CNC(=O)C(C)(C)C(C)(C)N)C1. The normalized spacial score (nSPS) is 22.8. The monoisotopic (exact) mass is 241 g/mol. The van der Waals surface area contributed by atoms with Crippen LogP contribution in [0.25, 0.3) is 0 Å². The topological polar surface area (TPSA) is 58.4 Å². The number of carbonyl (C=O) groups is 1. The summed E-state index contributed by atoms with van der Waals surface area (Å²) < 4.78 is 0. The van der Waals surface area contributed by atoms with E-state index in [9.17, 15) is 4.79 Å². The Balaban J connectivity index is 2.45. The Morgan fingerprint density at radius 1 is 1.41 bits per heavy atom. The Hall–Kier alpha value is -0.610. The molecule has 1 aliphatic rings. The van der Waals surface area contributed by atoms with Gasteiger partial charge in [0.25, 0.3) is 0 Å². The van der Waals surface area contributed by atoms with Crippen molar-refractivity contribution in [3.63, 3.8) is 0 Å². The summed E-state index contributed by atoms with van der Waals surface area (Å²) in [7, 11) is 2.12. The number of hydrogen-bond donors (Lipinski definition) is 2. The fourth-order valence-corrected chi connectivity index (χ4v) is 1.94. The van der Waals surface area contributed by atoms with Gasteiger partial charge in [0.1, 0.15) is 0 Å². The maximum absolute atomic E-state index is 12.1. The summed E-state index contributed by atoms with van der Waals surface area (Å²) in [5.41, 5.74) is 5.00. The molecule has 0 spiro atoms. The summed E-state index contributed by atoms with van der Waals surface area (Å²) in [4.78, 5) is 14.4. The lowest BCUT2D eigenvalue weighted by Crippen LogP contribution is -2.56. The lowest BCUT2D eigenvalue weighted by Gasteiger charge is -2.37. The molecular formula is C13H27N3O. The van der Waals surface area contributed by atoms with Crippen molar-refractivity contribution in [1.82, 2.24) is 10.2 Å². The summed E-state index contributed by atoms with van der Waals surface area (Å²) >= 11 is 0. The first-order valence-electron chi connectivity index (χ1n) is 6.40. The van der Waals surface area contributed by atoms with Gasteiger partial charge in [-0.05, 0) is 53.6 Å². The lowest BCUT2D eigenvalue weighted by atomic mass is 9.74. The van der Waals surface area contributed by atoms with Crippen LogP contribution in [-0.2, 0) is 4.79 Å². The molecule has 17 heavy (non-hydrogen) atoms. The second-order valence-corrected chi connectivity index (χ2v) is 6.47. The number of likely N-dealkylation sites (tertiary alicyclic amines) is 1. The molecule has 1 heterocycles. The highest BCUT2D eigenvalue weighted by molar-refractivity contribution is 5.83. The molecule has 1 saturated heterocycles. The van der Waals surface area contributed by atoms with Gasteiger partial charge in [0, 0.05) is 18.6 Å². The summed E-state index contributed by atoms with van der Waals surface area (Å²) in [6.07, 6.45) is 1.17. The molecule has 0 aromatic heterocycles. The standard InChI is InChI=1S/C13H27N3O/c1-12(2,13(3,4)14)11(17)15-8-10-6-7-16(5)9-10/h10H,6-9,14H2,1-5H3,(H,15,17). The highest BCUT2D eigenvalue weighted by atomic mass is 16.2. The highest BCUT2D eigenvalue weighted by Crippen LogP contribution is 2.28. The Morgan fingerprint density at radius 2 is 2.00 bits per heavy atom. The molecule has 1 rings (SSSR count). The van der Waals surface area contributed by atoms with Gasteiger partial charge in [-0.1, -0.05) is 0 Å². The Bertz CT molecular complexity index is 281. The van der Waals surface area contributed by atoms with Crippen molar-refractivity contribution in [2.75, 3.05) is 26.7 Å². The van der Waals surface area contributed by atoms with Gasteiger partial charge in [-0.25, -0.2) is 0 Å². The van der Waals surface area contributed by atoms with Crippen LogP contribution in [0.3, 0.4) is 0 Å². The maximum atomic E-state index is 12.1. The number of rotatable bonds is 4. The summed E-state index contributed by atoms with van der Waals surface area (Å²) in [5.74, 6) is 0.639. The van der Waals surface area contributed by atoms with E-state index in [0.717, 1.165) is 19.6 Å². The second-order valence-electron chi connectivity index (χ2n) is 6.47. The van der Waals surface area contributed by atoms with E-state index in [1.54, 1.807) is 0 Å². The first-order valence-corrected chi connectivity index (χ1v) is 6.40. The lowest BCUT2D eigenvalue weighted by molar-refractivity contribution is -0.132. The molecule has 0 radical (unpaired) electrons. The van der Waals surface area contributed by atoms with Crippen LogP contribution in [0.5, 0.6) is 0 Å². The molecule has 1 amide bonds. The van der Waals surface area contributed by atoms with Gasteiger partial charge in [-0.15, -0.1) is 0 Å². The molecule has 100 valence electrons. The molecule has 1 unspecified atom stereocenters. The summed E-state index contributed by atoms with van der Waals surface area (Å²) in [6.45, 7) is 10.6. The van der Waals surface area contributed by atoms with E-state index >= 15 is 0 Å². The van der Waals surface area contributed by atoms with E-state index in [-0.39, 0.29) is 5.91 Å². The fraction of sp³-hybridized carbons (Fsp3) is 0.923. The minimum absolute atomic E-state index is 0.0551. The predicted octanol–water partition coefficient (Wildman–Crippen LogP) is 0.818. The minimum Gasteiger partial charge on any atom is -0.355 e. The van der Waals surface area contributed by atoms with Gasteiger partial charge in [0.15, 0.2) is 0 Å². The Labute approximate surface area is 105 Å². The van der Waals surface area contributed by atoms with Crippen molar-refractivity contribution in [3.05, 3.63) is 0 Å². The quantitative estimate of drug-likeness (QED) is 0.766. The zero-order chi connectivity index (χ0) is 13.3. The third kappa shape index (κ3) is 3.42. The molecule has 1 aliphatic heterocycles. The van der Waals surface area contributed by atoms with Crippen molar-refractivity contribution in [2.24, 2.45) is 17.1 Å². The molecule has 0 aromatic carbocycles. The Morgan fingerprint density at radius 3 is 2.41 bits per heavy atom. The molecule has 1 fully saturated rings. The van der Waals surface area contributed by atoms with Crippen molar-refractivity contribution in [1.29, 1.82) is 0 Å². The van der Waals surface area contributed by atoms with Crippen molar-refractivity contribution in [2.45, 2.75) is 39.7 Å². The molecule has 0 aromatic rings. The van der Waals surface area contributed by atoms with Crippen molar-refractivity contribution in [3.8, 4) is 0 Å². The molecule has 0 aliphatic carbocycles. The third-order valence-electron chi connectivity index (χ3n) is 4.22. The number of carbonyl (C=O) groups excluding carboxylic acids is 1. The van der Waals surface area contributed by atoms with Crippen LogP contribution in [0.1, 0.15) is 34.1 Å². The Kier molecular flexibility index (Phi) is 4.20. The number of nitrogens with zero attached hydrogens (tertiary/aromatic N) is 1. The number of amides is 1. The van der Waals surface area contributed by atoms with Crippen LogP contribution in [0.4, 0.5) is 0 Å². The van der Waals surface area contributed by atoms with Gasteiger partial charge in [-0.3, -0.25) is 4.79 Å². The van der Waals surface area contributed by atoms with Crippen LogP contribution in [0.2, 0.25) is 0 Å². The predicted molar refractivity (Wildman–Crippen MR) is 70.7 cm³/mol. The van der Waals surface area contributed by atoms with Crippen LogP contribution in [0, 0.1) is 11.3 Å². The third-order valence-corrected chi connectivity index (χ3v) is 4.22. The van der Waals surface area contributed by atoms with Gasteiger partial charge in [0.05, 0.1) is 5.41 Å². The molecule has 0 bridgehead atoms. The highest BCUT2D eigenvalue weighted by Gasteiger charge is 2.40. The number of nitrogens with two attached hydrogens (primary N) is 1. The number of nitrogens with one attached hydrogen (secondary N) is 1. The van der Waals surface area contributed by atoms with E-state index in [4.69, 9.17) is 5.73 Å². The van der Waals surface area contributed by atoms with Gasteiger partial charge >= 0.3 is 0 Å². The smallest absolute Gasteiger partial charge is 0.227 e. The van der Waals surface area contributed by atoms with E-state index in [1.807, 2.05) is 27.7 Å². The van der Waals surface area contributed by atoms with Gasteiger partial charge in [-0.2, -0.15) is 0 Å². The minimum atomic E-state index is -0.544. The molecule has 1 atom stereocenters. The number of hydrogen-bond acceptors (Lipinski definition) is 3. The fourth-order valence-electron chi connectivity index (χ4n) is 1.94. The first-order chi connectivity index (χ1) is 7.64. The van der Waals surface area contributed by atoms with Crippen LogP contribution in [-0.4, -0.2) is 43.0 Å². The van der Waals surface area contributed by atoms with Gasteiger partial charge < -0.3 is 16.0 Å². The largest absolute Gasteiger partial charge is 0.355 e. The molecule has 3 N–H and O–H groups in total. The summed E-state index contributed by atoms with van der Waals surface area (Å²) in [6, 6.07) is 0. The van der Waals surface area contributed by atoms with Crippen LogP contribution < -0.4 is 11.1 Å². The van der Waals surface area contributed by atoms with E-state index < -0.39 is 11.0 Å². The van der Waals surface area contributed by atoms with E-state index in [1.165, 1.54) is 6.42 Å². The van der Waals surface area contributed by atoms with Gasteiger partial charge in [0.2, 0.25) is 5.91 Å². The van der Waals surface area contributed by atoms with Crippen molar-refractivity contribution >= 4 is 5.91 Å². The molecular weight excluding hydrogens is 214 g/mol. The van der Waals surface area contributed by atoms with Crippen molar-refractivity contribution < 1.29 is 4.79 Å². The molecule has 0 saturated carbocycles. The average Bonchev–Trinajstić information content (AvgIpc) is 2.58. The van der Waals surface area contributed by atoms with E-state index in [2.05, 4.69) is 17.3 Å².